The molecule has 0 saturated heterocycles. The first kappa shape index (κ1) is 18.8. The second-order valence-corrected chi connectivity index (χ2v) is 5.75. The number of hydrogen-bond acceptors (Lipinski definition) is 3. The topological polar surface area (TPSA) is 70.6 Å². The number of aliphatic hydroxyl groups excluding tert-OH is 1. The normalized spacial score (nSPS) is 12.9. The number of benzene rings is 2. The van der Waals surface area contributed by atoms with Crippen LogP contribution in [0.2, 0.25) is 0 Å². The summed E-state index contributed by atoms with van der Waals surface area (Å²) in [5, 5.41) is 15.1. The minimum absolute atomic E-state index is 0.0804. The molecule has 0 aliphatic rings. The van der Waals surface area contributed by atoms with E-state index >= 15 is 0 Å². The van der Waals surface area contributed by atoms with Crippen LogP contribution in [0.25, 0.3) is 0 Å². The molecule has 2 aromatic carbocycles. The summed E-state index contributed by atoms with van der Waals surface area (Å²) in [7, 11) is 0. The van der Waals surface area contributed by atoms with Gasteiger partial charge in [-0.1, -0.05) is 49.4 Å². The zero-order chi connectivity index (χ0) is 18.1. The van der Waals surface area contributed by atoms with Gasteiger partial charge in [0.15, 0.2) is 0 Å². The predicted octanol–water partition coefficient (Wildman–Crippen LogP) is 3.24. The molecule has 2 unspecified atom stereocenters. The van der Waals surface area contributed by atoms with Crippen molar-refractivity contribution in [2.45, 2.75) is 32.4 Å². The highest BCUT2D eigenvalue weighted by Crippen LogP contribution is 2.24. The summed E-state index contributed by atoms with van der Waals surface area (Å²) in [6, 6.07) is 16.6. The van der Waals surface area contributed by atoms with E-state index in [1.165, 1.54) is 0 Å². The van der Waals surface area contributed by atoms with Crippen LogP contribution in [0.1, 0.15) is 37.4 Å². The van der Waals surface area contributed by atoms with Crippen LogP contribution in [0.4, 0.5) is 4.79 Å². The molecule has 0 aliphatic carbocycles. The van der Waals surface area contributed by atoms with Crippen molar-refractivity contribution in [1.82, 2.24) is 10.6 Å². The molecule has 2 atom stereocenters. The number of aliphatic hydroxyl groups is 1. The minimum atomic E-state index is -0.302. The van der Waals surface area contributed by atoms with E-state index in [0.29, 0.717) is 13.0 Å². The third-order valence-electron chi connectivity index (χ3n) is 3.98. The fourth-order valence-corrected chi connectivity index (χ4v) is 2.56. The molecule has 0 spiro atoms. The quantitative estimate of drug-likeness (QED) is 0.690. The van der Waals surface area contributed by atoms with Crippen LogP contribution in [0.15, 0.2) is 54.6 Å². The number of amides is 2. The van der Waals surface area contributed by atoms with Crippen molar-refractivity contribution in [2.75, 3.05) is 13.2 Å². The second kappa shape index (κ2) is 9.69. The highest BCUT2D eigenvalue weighted by molar-refractivity contribution is 5.75. The lowest BCUT2D eigenvalue weighted by molar-refractivity contribution is 0.213. The van der Waals surface area contributed by atoms with Crippen molar-refractivity contribution in [3.05, 3.63) is 65.7 Å². The summed E-state index contributed by atoms with van der Waals surface area (Å²) in [4.78, 5) is 12.3. The Morgan fingerprint density at radius 3 is 2.20 bits per heavy atom. The monoisotopic (exact) mass is 342 g/mol. The SMILES string of the molecule is CCOc1ccc(C(NC(=O)NC(CC)CO)c2ccccc2)cc1. The van der Waals surface area contributed by atoms with Gasteiger partial charge in [-0.15, -0.1) is 0 Å². The summed E-state index contributed by atoms with van der Waals surface area (Å²) >= 11 is 0. The van der Waals surface area contributed by atoms with Crippen molar-refractivity contribution in [2.24, 2.45) is 0 Å². The zero-order valence-electron chi connectivity index (χ0n) is 14.7. The Kier molecular flexibility index (Phi) is 7.29. The Morgan fingerprint density at radius 1 is 1.00 bits per heavy atom. The number of hydrogen-bond donors (Lipinski definition) is 3. The molecule has 5 nitrogen and oxygen atoms in total. The van der Waals surface area contributed by atoms with Gasteiger partial charge in [0.05, 0.1) is 25.3 Å². The molecule has 3 N–H and O–H groups in total. The second-order valence-electron chi connectivity index (χ2n) is 5.75. The summed E-state index contributed by atoms with van der Waals surface area (Å²) in [5.41, 5.74) is 1.95. The van der Waals surface area contributed by atoms with Crippen LogP contribution < -0.4 is 15.4 Å². The molecule has 0 radical (unpaired) electrons. The predicted molar refractivity (Wildman–Crippen MR) is 98.7 cm³/mol. The molecule has 0 fully saturated rings. The van der Waals surface area contributed by atoms with Gasteiger partial charge in [0.1, 0.15) is 5.75 Å². The lowest BCUT2D eigenvalue weighted by atomic mass is 9.99. The Balaban J connectivity index is 2.20. The van der Waals surface area contributed by atoms with Gasteiger partial charge in [-0.3, -0.25) is 0 Å². The van der Waals surface area contributed by atoms with E-state index < -0.39 is 0 Å². The van der Waals surface area contributed by atoms with Crippen LogP contribution in [0, 0.1) is 0 Å². The average Bonchev–Trinajstić information content (AvgIpc) is 2.66. The Labute approximate surface area is 149 Å². The minimum Gasteiger partial charge on any atom is -0.494 e. The van der Waals surface area contributed by atoms with E-state index in [9.17, 15) is 9.90 Å². The first-order valence-electron chi connectivity index (χ1n) is 8.63. The molecular formula is C20H26N2O3. The Hall–Kier alpha value is -2.53. The van der Waals surface area contributed by atoms with Gasteiger partial charge < -0.3 is 20.5 Å². The van der Waals surface area contributed by atoms with Crippen molar-refractivity contribution < 1.29 is 14.6 Å². The fraction of sp³-hybridized carbons (Fsp3) is 0.350. The third-order valence-corrected chi connectivity index (χ3v) is 3.98. The number of carbonyl (C=O) groups excluding carboxylic acids is 1. The number of ether oxygens (including phenoxy) is 1. The molecule has 25 heavy (non-hydrogen) atoms. The van der Waals surface area contributed by atoms with Gasteiger partial charge >= 0.3 is 6.03 Å². The van der Waals surface area contributed by atoms with Crippen LogP contribution in [0.5, 0.6) is 5.75 Å². The van der Waals surface area contributed by atoms with Crippen LogP contribution in [-0.4, -0.2) is 30.4 Å². The number of urea groups is 1. The maximum Gasteiger partial charge on any atom is 0.315 e. The highest BCUT2D eigenvalue weighted by atomic mass is 16.5. The zero-order valence-corrected chi connectivity index (χ0v) is 14.7. The fourth-order valence-electron chi connectivity index (χ4n) is 2.56. The number of nitrogens with one attached hydrogen (secondary N) is 2. The van der Waals surface area contributed by atoms with Gasteiger partial charge in [-0.25, -0.2) is 4.79 Å². The first-order valence-corrected chi connectivity index (χ1v) is 8.63. The molecule has 134 valence electrons. The molecule has 5 heteroatoms. The van der Waals surface area contributed by atoms with Crippen LogP contribution in [0.3, 0.4) is 0 Å². The lowest BCUT2D eigenvalue weighted by Crippen LogP contribution is -2.45. The molecule has 0 saturated carbocycles. The molecule has 2 aromatic rings. The maximum absolute atomic E-state index is 12.3. The molecule has 2 rings (SSSR count). The van der Waals surface area contributed by atoms with E-state index in [1.807, 2.05) is 68.4 Å². The smallest absolute Gasteiger partial charge is 0.315 e. The lowest BCUT2D eigenvalue weighted by Gasteiger charge is -2.22. The first-order chi connectivity index (χ1) is 12.2. The number of carbonyl (C=O) groups is 1. The molecule has 0 aliphatic heterocycles. The van der Waals surface area contributed by atoms with Gasteiger partial charge in [0.2, 0.25) is 0 Å². The molecular weight excluding hydrogens is 316 g/mol. The van der Waals surface area contributed by atoms with Gasteiger partial charge in [0, 0.05) is 0 Å². The van der Waals surface area contributed by atoms with E-state index in [4.69, 9.17) is 4.74 Å². The molecule has 0 aromatic heterocycles. The average molecular weight is 342 g/mol. The third kappa shape index (κ3) is 5.50. The van der Waals surface area contributed by atoms with Crippen molar-refractivity contribution in [3.8, 4) is 5.75 Å². The largest absolute Gasteiger partial charge is 0.494 e. The van der Waals surface area contributed by atoms with E-state index in [1.54, 1.807) is 0 Å². The van der Waals surface area contributed by atoms with Gasteiger partial charge in [0.25, 0.3) is 0 Å². The summed E-state index contributed by atoms with van der Waals surface area (Å²) < 4.78 is 5.48. The van der Waals surface area contributed by atoms with Crippen LogP contribution >= 0.6 is 0 Å². The Morgan fingerprint density at radius 2 is 1.64 bits per heavy atom. The molecule has 0 heterocycles. The van der Waals surface area contributed by atoms with Crippen molar-refractivity contribution in [3.63, 3.8) is 0 Å². The summed E-state index contributed by atoms with van der Waals surface area (Å²) in [5.74, 6) is 0.800. The van der Waals surface area contributed by atoms with Crippen molar-refractivity contribution >= 4 is 6.03 Å². The van der Waals surface area contributed by atoms with Crippen LogP contribution in [-0.2, 0) is 0 Å². The highest BCUT2D eigenvalue weighted by Gasteiger charge is 2.18. The standard InChI is InChI=1S/C20H26N2O3/c1-3-17(14-23)21-20(24)22-19(15-8-6-5-7-9-15)16-10-12-18(13-11-16)25-4-2/h5-13,17,19,23H,3-4,14H2,1-2H3,(H2,21,22,24). The number of rotatable bonds is 8. The van der Waals surface area contributed by atoms with E-state index in [-0.39, 0.29) is 24.7 Å². The van der Waals surface area contributed by atoms with E-state index in [0.717, 1.165) is 16.9 Å². The molecule has 0 bridgehead atoms. The summed E-state index contributed by atoms with van der Waals surface area (Å²) in [6.45, 7) is 4.39. The van der Waals surface area contributed by atoms with E-state index in [2.05, 4.69) is 10.6 Å². The summed E-state index contributed by atoms with van der Waals surface area (Å²) in [6.07, 6.45) is 0.670. The van der Waals surface area contributed by atoms with Gasteiger partial charge in [-0.2, -0.15) is 0 Å². The molecule has 2 amide bonds. The van der Waals surface area contributed by atoms with Crippen molar-refractivity contribution in [1.29, 1.82) is 0 Å². The van der Waals surface area contributed by atoms with Gasteiger partial charge in [-0.05, 0) is 36.6 Å². The Bertz CT molecular complexity index is 640. The maximum atomic E-state index is 12.3.